The fraction of sp³-hybridized carbons (Fsp3) is 0.0500. The molecule has 3 aromatic carbocycles. The summed E-state index contributed by atoms with van der Waals surface area (Å²) >= 11 is 0. The summed E-state index contributed by atoms with van der Waals surface area (Å²) in [6, 6.07) is 22.0. The van der Waals surface area contributed by atoms with E-state index < -0.39 is 17.6 Å². The first-order valence-electron chi connectivity index (χ1n) is 7.83. The van der Waals surface area contributed by atoms with Gasteiger partial charge in [-0.05, 0) is 48.5 Å². The molecule has 0 aliphatic rings. The lowest BCUT2D eigenvalue weighted by Crippen LogP contribution is -2.36. The van der Waals surface area contributed by atoms with Crippen molar-refractivity contribution in [2.45, 2.75) is 6.18 Å². The zero-order chi connectivity index (χ0) is 18.6. The van der Waals surface area contributed by atoms with Gasteiger partial charge in [-0.25, -0.2) is 5.01 Å². The highest BCUT2D eigenvalue weighted by molar-refractivity contribution is 6.07. The number of hydrogen-bond acceptors (Lipinski definition) is 2. The van der Waals surface area contributed by atoms with Crippen molar-refractivity contribution in [1.29, 1.82) is 0 Å². The molecule has 132 valence electrons. The summed E-state index contributed by atoms with van der Waals surface area (Å²) < 4.78 is 38.2. The van der Waals surface area contributed by atoms with Crippen LogP contribution in [0.15, 0.2) is 84.9 Å². The summed E-state index contributed by atoms with van der Waals surface area (Å²) in [5, 5.41) is 1.30. The molecule has 0 bridgehead atoms. The van der Waals surface area contributed by atoms with Gasteiger partial charge in [-0.2, -0.15) is 13.2 Å². The molecule has 0 heterocycles. The predicted octanol–water partition coefficient (Wildman–Crippen LogP) is 5.38. The largest absolute Gasteiger partial charge is 0.416 e. The second-order valence-corrected chi connectivity index (χ2v) is 5.53. The molecular formula is C20H15F3N2O. The van der Waals surface area contributed by atoms with Crippen LogP contribution in [0, 0.1) is 0 Å². The maximum atomic E-state index is 12.9. The van der Waals surface area contributed by atoms with Crippen LogP contribution in [0.1, 0.15) is 15.9 Å². The number of alkyl halides is 3. The zero-order valence-corrected chi connectivity index (χ0v) is 13.6. The van der Waals surface area contributed by atoms with Crippen molar-refractivity contribution >= 4 is 17.3 Å². The van der Waals surface area contributed by atoms with Crippen molar-refractivity contribution in [3.63, 3.8) is 0 Å². The predicted molar refractivity (Wildman–Crippen MR) is 94.8 cm³/mol. The van der Waals surface area contributed by atoms with Crippen molar-refractivity contribution in [1.82, 2.24) is 0 Å². The lowest BCUT2D eigenvalue weighted by atomic mass is 10.1. The van der Waals surface area contributed by atoms with Gasteiger partial charge in [0.2, 0.25) is 0 Å². The fourth-order valence-corrected chi connectivity index (χ4v) is 2.38. The monoisotopic (exact) mass is 356 g/mol. The summed E-state index contributed by atoms with van der Waals surface area (Å²) in [7, 11) is 0. The van der Waals surface area contributed by atoms with E-state index in [0.29, 0.717) is 11.4 Å². The van der Waals surface area contributed by atoms with E-state index in [0.717, 1.165) is 12.1 Å². The zero-order valence-electron chi connectivity index (χ0n) is 13.6. The van der Waals surface area contributed by atoms with Gasteiger partial charge in [-0.3, -0.25) is 10.2 Å². The van der Waals surface area contributed by atoms with Gasteiger partial charge < -0.3 is 0 Å². The maximum Gasteiger partial charge on any atom is 0.416 e. The van der Waals surface area contributed by atoms with Gasteiger partial charge in [0.1, 0.15) is 0 Å². The molecule has 3 rings (SSSR count). The topological polar surface area (TPSA) is 32.3 Å². The Morgan fingerprint density at radius 2 is 1.31 bits per heavy atom. The van der Waals surface area contributed by atoms with E-state index in [9.17, 15) is 18.0 Å². The number of hydrazine groups is 1. The van der Waals surface area contributed by atoms with Gasteiger partial charge in [0.05, 0.1) is 16.9 Å². The standard InChI is InChI=1S/C20H15F3N2O/c21-20(22,23)16-13-11-15(12-14-16)19(26)25(18-9-5-2-6-10-18)24-17-7-3-1-4-8-17/h1-14,24H. The number of amides is 1. The normalized spacial score (nSPS) is 11.0. The highest BCUT2D eigenvalue weighted by Gasteiger charge is 2.30. The van der Waals surface area contributed by atoms with E-state index in [1.807, 2.05) is 24.3 Å². The van der Waals surface area contributed by atoms with E-state index in [1.165, 1.54) is 17.1 Å². The minimum absolute atomic E-state index is 0.144. The number of para-hydroxylation sites is 2. The minimum atomic E-state index is -4.44. The molecule has 0 radical (unpaired) electrons. The fourth-order valence-electron chi connectivity index (χ4n) is 2.38. The third-order valence-electron chi connectivity index (χ3n) is 3.69. The highest BCUT2D eigenvalue weighted by atomic mass is 19.4. The summed E-state index contributed by atoms with van der Waals surface area (Å²) in [6.07, 6.45) is -4.44. The van der Waals surface area contributed by atoms with Crippen molar-refractivity contribution in [2.24, 2.45) is 0 Å². The molecular weight excluding hydrogens is 341 g/mol. The Morgan fingerprint density at radius 3 is 1.85 bits per heavy atom. The molecule has 1 N–H and O–H groups in total. The van der Waals surface area contributed by atoms with Crippen LogP contribution in [-0.4, -0.2) is 5.91 Å². The number of benzene rings is 3. The molecule has 0 atom stereocenters. The molecule has 1 amide bonds. The van der Waals surface area contributed by atoms with E-state index in [2.05, 4.69) is 5.43 Å². The number of carbonyl (C=O) groups is 1. The van der Waals surface area contributed by atoms with Gasteiger partial charge in [0.15, 0.2) is 0 Å². The first kappa shape index (κ1) is 17.5. The molecule has 0 unspecified atom stereocenters. The summed E-state index contributed by atoms with van der Waals surface area (Å²) in [5.74, 6) is -0.464. The molecule has 0 fully saturated rings. The smallest absolute Gasteiger partial charge is 0.291 e. The molecule has 0 saturated heterocycles. The minimum Gasteiger partial charge on any atom is -0.291 e. The van der Waals surface area contributed by atoms with Crippen LogP contribution < -0.4 is 10.4 Å². The highest BCUT2D eigenvalue weighted by Crippen LogP contribution is 2.29. The number of halogens is 3. The van der Waals surface area contributed by atoms with Crippen LogP contribution in [0.2, 0.25) is 0 Å². The van der Waals surface area contributed by atoms with Gasteiger partial charge in [0, 0.05) is 5.56 Å². The Morgan fingerprint density at radius 1 is 0.769 bits per heavy atom. The number of nitrogens with one attached hydrogen (secondary N) is 1. The second-order valence-electron chi connectivity index (χ2n) is 5.53. The lowest BCUT2D eigenvalue weighted by molar-refractivity contribution is -0.137. The molecule has 0 aromatic heterocycles. The first-order valence-corrected chi connectivity index (χ1v) is 7.83. The van der Waals surface area contributed by atoms with E-state index >= 15 is 0 Å². The Bertz CT molecular complexity index is 863. The van der Waals surface area contributed by atoms with Gasteiger partial charge in [-0.1, -0.05) is 36.4 Å². The molecule has 3 aromatic rings. The van der Waals surface area contributed by atoms with Crippen molar-refractivity contribution in [2.75, 3.05) is 10.4 Å². The SMILES string of the molecule is O=C(c1ccc(C(F)(F)F)cc1)N(Nc1ccccc1)c1ccccc1. The third kappa shape index (κ3) is 4.03. The Hall–Kier alpha value is -3.28. The summed E-state index contributed by atoms with van der Waals surface area (Å²) in [4.78, 5) is 12.9. The summed E-state index contributed by atoms with van der Waals surface area (Å²) in [6.45, 7) is 0. The lowest BCUT2D eigenvalue weighted by Gasteiger charge is -2.24. The maximum absolute atomic E-state index is 12.9. The van der Waals surface area contributed by atoms with Crippen molar-refractivity contribution < 1.29 is 18.0 Å². The molecule has 0 aliphatic heterocycles. The van der Waals surface area contributed by atoms with Crippen LogP contribution in [0.4, 0.5) is 24.5 Å². The molecule has 0 spiro atoms. The van der Waals surface area contributed by atoms with Crippen LogP contribution in [0.25, 0.3) is 0 Å². The average Bonchev–Trinajstić information content (AvgIpc) is 2.66. The first-order chi connectivity index (χ1) is 12.4. The number of rotatable bonds is 4. The average molecular weight is 356 g/mol. The van der Waals surface area contributed by atoms with Crippen LogP contribution >= 0.6 is 0 Å². The number of anilines is 2. The number of hydrogen-bond donors (Lipinski definition) is 1. The summed E-state index contributed by atoms with van der Waals surface area (Å²) in [5.41, 5.74) is 3.60. The van der Waals surface area contributed by atoms with E-state index in [4.69, 9.17) is 0 Å². The van der Waals surface area contributed by atoms with Crippen LogP contribution in [0.5, 0.6) is 0 Å². The van der Waals surface area contributed by atoms with Crippen molar-refractivity contribution in [3.8, 4) is 0 Å². The molecule has 0 aliphatic carbocycles. The van der Waals surface area contributed by atoms with E-state index in [-0.39, 0.29) is 5.56 Å². The second kappa shape index (κ2) is 7.31. The van der Waals surface area contributed by atoms with E-state index in [1.54, 1.807) is 36.4 Å². The quantitative estimate of drug-likeness (QED) is 0.637. The van der Waals surface area contributed by atoms with Crippen molar-refractivity contribution in [3.05, 3.63) is 96.1 Å². The van der Waals surface area contributed by atoms with Gasteiger partial charge in [0.25, 0.3) is 5.91 Å². The Labute approximate surface area is 148 Å². The molecule has 6 heteroatoms. The Balaban J connectivity index is 1.92. The van der Waals surface area contributed by atoms with Gasteiger partial charge in [-0.15, -0.1) is 0 Å². The number of nitrogens with zero attached hydrogens (tertiary/aromatic N) is 1. The van der Waals surface area contributed by atoms with Crippen LogP contribution in [0.3, 0.4) is 0 Å². The Kier molecular flexibility index (Phi) is 4.93. The van der Waals surface area contributed by atoms with Crippen LogP contribution in [-0.2, 0) is 6.18 Å². The molecule has 3 nitrogen and oxygen atoms in total. The molecule has 0 saturated carbocycles. The van der Waals surface area contributed by atoms with Gasteiger partial charge >= 0.3 is 6.18 Å². The molecule has 26 heavy (non-hydrogen) atoms. The number of carbonyl (C=O) groups excluding carboxylic acids is 1. The third-order valence-corrected chi connectivity index (χ3v) is 3.69.